The molecule has 0 aliphatic heterocycles. The Labute approximate surface area is 89.6 Å². The van der Waals surface area contributed by atoms with Crippen LogP contribution in [0.4, 0.5) is 0 Å². The van der Waals surface area contributed by atoms with Crippen molar-refractivity contribution in [2.45, 2.75) is 47.1 Å². The second kappa shape index (κ2) is 5.72. The molecule has 0 radical (unpaired) electrons. The van der Waals surface area contributed by atoms with Gasteiger partial charge in [0, 0.05) is 12.1 Å². The van der Waals surface area contributed by atoms with Gasteiger partial charge in [0.25, 0.3) is 0 Å². The molecule has 0 aliphatic carbocycles. The molecule has 0 heterocycles. The van der Waals surface area contributed by atoms with Gasteiger partial charge in [0.2, 0.25) is 0 Å². The molecule has 0 unspecified atom stereocenters. The highest BCUT2D eigenvalue weighted by Crippen LogP contribution is 2.20. The summed E-state index contributed by atoms with van der Waals surface area (Å²) in [5.41, 5.74) is 5.75. The third-order valence-corrected chi connectivity index (χ3v) is 3.04. The van der Waals surface area contributed by atoms with E-state index < -0.39 is 0 Å². The molecule has 86 valence electrons. The molecule has 3 N–H and O–H groups in total. The van der Waals surface area contributed by atoms with Crippen molar-refractivity contribution in [3.05, 3.63) is 0 Å². The van der Waals surface area contributed by atoms with Gasteiger partial charge in [-0.25, -0.2) is 0 Å². The van der Waals surface area contributed by atoms with Crippen molar-refractivity contribution in [3.8, 4) is 0 Å². The summed E-state index contributed by atoms with van der Waals surface area (Å²) >= 11 is 0. The van der Waals surface area contributed by atoms with E-state index in [1.807, 2.05) is 0 Å². The largest absolute Gasteiger partial charge is 0.329 e. The van der Waals surface area contributed by atoms with Crippen LogP contribution in [0.1, 0.15) is 41.5 Å². The average Bonchev–Trinajstić information content (AvgIpc) is 2.03. The predicted octanol–water partition coefficient (Wildman–Crippen LogP) is 2.24. The van der Waals surface area contributed by atoms with Gasteiger partial charge < -0.3 is 11.1 Å². The van der Waals surface area contributed by atoms with E-state index in [-0.39, 0.29) is 5.54 Å². The summed E-state index contributed by atoms with van der Waals surface area (Å²) in [5, 5.41) is 3.55. The highest BCUT2D eigenvalue weighted by atomic mass is 15.0. The summed E-state index contributed by atoms with van der Waals surface area (Å²) in [6.07, 6.45) is 0. The van der Waals surface area contributed by atoms with Gasteiger partial charge in [-0.2, -0.15) is 0 Å². The number of hydrogen-bond acceptors (Lipinski definition) is 2. The van der Waals surface area contributed by atoms with E-state index in [2.05, 4.69) is 46.9 Å². The molecule has 0 amide bonds. The van der Waals surface area contributed by atoms with Crippen molar-refractivity contribution in [2.75, 3.05) is 13.1 Å². The maximum absolute atomic E-state index is 5.68. The molecule has 2 nitrogen and oxygen atoms in total. The first-order valence-electron chi connectivity index (χ1n) is 5.75. The predicted molar refractivity (Wildman–Crippen MR) is 64.3 cm³/mol. The summed E-state index contributed by atoms with van der Waals surface area (Å²) in [4.78, 5) is 0. The Hall–Kier alpha value is -0.0800. The lowest BCUT2D eigenvalue weighted by molar-refractivity contribution is 0.246. The van der Waals surface area contributed by atoms with Crippen LogP contribution in [0.2, 0.25) is 0 Å². The van der Waals surface area contributed by atoms with Crippen molar-refractivity contribution in [2.24, 2.45) is 23.5 Å². The van der Waals surface area contributed by atoms with Gasteiger partial charge in [-0.05, 0) is 38.1 Å². The van der Waals surface area contributed by atoms with E-state index in [1.54, 1.807) is 0 Å². The van der Waals surface area contributed by atoms with E-state index in [9.17, 15) is 0 Å². The fourth-order valence-corrected chi connectivity index (χ4v) is 1.71. The van der Waals surface area contributed by atoms with Crippen LogP contribution >= 0.6 is 0 Å². The first kappa shape index (κ1) is 13.9. The normalized spacial score (nSPS) is 13.3. The number of hydrogen-bond donors (Lipinski definition) is 2. The van der Waals surface area contributed by atoms with E-state index in [0.717, 1.165) is 24.3 Å². The molecular weight excluding hydrogens is 172 g/mol. The fourth-order valence-electron chi connectivity index (χ4n) is 1.71. The molecule has 2 heteroatoms. The van der Waals surface area contributed by atoms with Gasteiger partial charge in [-0.1, -0.05) is 27.7 Å². The maximum atomic E-state index is 5.68. The van der Waals surface area contributed by atoms with Crippen LogP contribution in [0.5, 0.6) is 0 Å². The highest BCUT2D eigenvalue weighted by molar-refractivity contribution is 4.81. The molecular formula is C12H28N2. The van der Waals surface area contributed by atoms with Crippen LogP contribution in [0, 0.1) is 17.8 Å². The van der Waals surface area contributed by atoms with E-state index in [0.29, 0.717) is 6.54 Å². The first-order valence-corrected chi connectivity index (χ1v) is 5.75. The summed E-state index contributed by atoms with van der Waals surface area (Å²) in [6.45, 7) is 15.2. The zero-order valence-corrected chi connectivity index (χ0v) is 10.7. The second-order valence-electron chi connectivity index (χ2n) is 5.62. The van der Waals surface area contributed by atoms with Crippen LogP contribution in [0.25, 0.3) is 0 Å². The lowest BCUT2D eigenvalue weighted by Crippen LogP contribution is -2.48. The Bertz CT molecular complexity index is 142. The van der Waals surface area contributed by atoms with Crippen molar-refractivity contribution in [3.63, 3.8) is 0 Å². The van der Waals surface area contributed by atoms with Crippen LogP contribution in [-0.2, 0) is 0 Å². The van der Waals surface area contributed by atoms with Crippen LogP contribution in [-0.4, -0.2) is 18.6 Å². The van der Waals surface area contributed by atoms with Gasteiger partial charge in [0.05, 0.1) is 0 Å². The minimum Gasteiger partial charge on any atom is -0.329 e. The summed E-state index contributed by atoms with van der Waals surface area (Å²) < 4.78 is 0. The Morgan fingerprint density at radius 2 is 1.50 bits per heavy atom. The Balaban J connectivity index is 4.07. The molecule has 0 spiro atoms. The third-order valence-electron chi connectivity index (χ3n) is 3.04. The van der Waals surface area contributed by atoms with Gasteiger partial charge >= 0.3 is 0 Å². The van der Waals surface area contributed by atoms with Crippen molar-refractivity contribution in [1.29, 1.82) is 0 Å². The molecule has 0 saturated heterocycles. The van der Waals surface area contributed by atoms with Gasteiger partial charge in [0.15, 0.2) is 0 Å². The zero-order chi connectivity index (χ0) is 11.4. The third kappa shape index (κ3) is 4.97. The van der Waals surface area contributed by atoms with Crippen LogP contribution in [0.15, 0.2) is 0 Å². The lowest BCUT2D eigenvalue weighted by Gasteiger charge is -2.31. The zero-order valence-electron chi connectivity index (χ0n) is 10.7. The first-order chi connectivity index (χ1) is 6.30. The van der Waals surface area contributed by atoms with E-state index >= 15 is 0 Å². The molecule has 0 aromatic rings. The minimum atomic E-state index is 0.0715. The van der Waals surface area contributed by atoms with E-state index in [4.69, 9.17) is 5.73 Å². The lowest BCUT2D eigenvalue weighted by atomic mass is 9.85. The minimum absolute atomic E-state index is 0.0715. The Morgan fingerprint density at radius 3 is 1.79 bits per heavy atom. The number of nitrogens with two attached hydrogens (primary N) is 1. The monoisotopic (exact) mass is 200 g/mol. The summed E-state index contributed by atoms with van der Waals surface area (Å²) in [6, 6.07) is 0. The Kier molecular flexibility index (Phi) is 5.68. The summed E-state index contributed by atoms with van der Waals surface area (Å²) in [5.74, 6) is 2.20. The fraction of sp³-hybridized carbons (Fsp3) is 1.00. The smallest absolute Gasteiger partial charge is 0.0247 e. The standard InChI is InChI=1S/C12H28N2/c1-9(2)11(10(3)4)7-14-12(5,6)8-13/h9-11,14H,7-8,13H2,1-6H3. The molecule has 0 aromatic heterocycles. The molecule has 0 aliphatic rings. The maximum Gasteiger partial charge on any atom is 0.0247 e. The van der Waals surface area contributed by atoms with Crippen LogP contribution < -0.4 is 11.1 Å². The molecule has 14 heavy (non-hydrogen) atoms. The molecule has 0 rings (SSSR count). The quantitative estimate of drug-likeness (QED) is 0.690. The van der Waals surface area contributed by atoms with Gasteiger partial charge in [-0.15, -0.1) is 0 Å². The van der Waals surface area contributed by atoms with E-state index in [1.165, 1.54) is 0 Å². The molecule has 0 bridgehead atoms. The number of rotatable bonds is 6. The Morgan fingerprint density at radius 1 is 1.07 bits per heavy atom. The molecule has 0 saturated carbocycles. The topological polar surface area (TPSA) is 38.0 Å². The van der Waals surface area contributed by atoms with Gasteiger partial charge in [0.1, 0.15) is 0 Å². The van der Waals surface area contributed by atoms with Crippen molar-refractivity contribution in [1.82, 2.24) is 5.32 Å². The SMILES string of the molecule is CC(C)C(CNC(C)(C)CN)C(C)C. The average molecular weight is 200 g/mol. The van der Waals surface area contributed by atoms with Gasteiger partial charge in [-0.3, -0.25) is 0 Å². The molecule has 0 aromatic carbocycles. The van der Waals surface area contributed by atoms with Crippen LogP contribution in [0.3, 0.4) is 0 Å². The highest BCUT2D eigenvalue weighted by Gasteiger charge is 2.21. The summed E-state index contributed by atoms with van der Waals surface area (Å²) in [7, 11) is 0. The second-order valence-corrected chi connectivity index (χ2v) is 5.62. The molecule has 0 fully saturated rings. The molecule has 0 atom stereocenters. The van der Waals surface area contributed by atoms with Crippen molar-refractivity contribution >= 4 is 0 Å². The number of nitrogens with one attached hydrogen (secondary N) is 1. The van der Waals surface area contributed by atoms with Crippen molar-refractivity contribution < 1.29 is 0 Å².